The van der Waals surface area contributed by atoms with E-state index in [0.29, 0.717) is 0 Å². The normalized spacial score (nSPS) is 11.5. The molecule has 4 nitrogen and oxygen atoms in total. The van der Waals surface area contributed by atoms with Crippen LogP contribution in [0.15, 0.2) is 376 Å². The van der Waals surface area contributed by atoms with Crippen molar-refractivity contribution < 1.29 is 0 Å². The highest BCUT2D eigenvalue weighted by molar-refractivity contribution is 6.11. The van der Waals surface area contributed by atoms with Gasteiger partial charge in [-0.1, -0.05) is 279 Å². The molecule has 0 radical (unpaired) electrons. The van der Waals surface area contributed by atoms with Crippen LogP contribution in [0.2, 0.25) is 0 Å². The molecule has 16 aromatic carbocycles. The maximum absolute atomic E-state index is 2.48. The lowest BCUT2D eigenvalue weighted by Crippen LogP contribution is -2.11. The van der Waals surface area contributed by atoms with Crippen LogP contribution in [0.5, 0.6) is 0 Å². The highest BCUT2D eigenvalue weighted by Crippen LogP contribution is 2.50. The van der Waals surface area contributed by atoms with Crippen molar-refractivity contribution in [2.24, 2.45) is 0 Å². The summed E-state index contributed by atoms with van der Waals surface area (Å²) in [5, 5.41) is 11.9. The first-order valence-electron chi connectivity index (χ1n) is 33.0. The summed E-state index contributed by atoms with van der Waals surface area (Å²) < 4.78 is 4.97. The van der Waals surface area contributed by atoms with Gasteiger partial charge >= 0.3 is 0 Å². The first-order valence-corrected chi connectivity index (χ1v) is 33.0. The predicted octanol–water partition coefficient (Wildman–Crippen LogP) is 25.5. The quantitative estimate of drug-likeness (QED) is 0.114. The van der Waals surface area contributed by atoms with Crippen LogP contribution >= 0.6 is 0 Å². The van der Waals surface area contributed by atoms with Gasteiger partial charge in [0.05, 0.1) is 45.2 Å². The van der Waals surface area contributed by atoms with Gasteiger partial charge in [-0.3, -0.25) is 0 Å². The SMILES string of the molecule is c1ccc(-c2c(-c3ccccc3)n(-c3ccc(N(c4cccc5ccccc45)c4cccc5ccccc45)cc3)c3ccc(-c4ccc5c(c4)c(-c4ccccc4)c(-c4ccccc4)n5-c4ccc(N(c5cccc6ccccc56)c5cccc6ccccc56)cc4)cc23)cc1. The minimum atomic E-state index is 1.07. The van der Waals surface area contributed by atoms with Crippen molar-refractivity contribution in [3.05, 3.63) is 376 Å². The van der Waals surface area contributed by atoms with Crippen LogP contribution in [0.1, 0.15) is 0 Å². The van der Waals surface area contributed by atoms with Crippen LogP contribution in [0, 0.1) is 0 Å². The second-order valence-corrected chi connectivity index (χ2v) is 24.7. The monoisotopic (exact) mass is 1220 g/mol. The van der Waals surface area contributed by atoms with Crippen LogP contribution < -0.4 is 9.80 Å². The van der Waals surface area contributed by atoms with Crippen molar-refractivity contribution in [1.29, 1.82) is 0 Å². The molecule has 0 saturated heterocycles. The molecule has 0 spiro atoms. The van der Waals surface area contributed by atoms with Crippen LogP contribution in [0.4, 0.5) is 34.1 Å². The van der Waals surface area contributed by atoms with Crippen LogP contribution in [0.25, 0.3) is 132 Å². The van der Waals surface area contributed by atoms with E-state index < -0.39 is 0 Å². The number of nitrogens with zero attached hydrogens (tertiary/aromatic N) is 4. The van der Waals surface area contributed by atoms with Crippen molar-refractivity contribution in [2.45, 2.75) is 0 Å². The zero-order chi connectivity index (χ0) is 63.5. The Morgan fingerprint density at radius 3 is 0.771 bits per heavy atom. The maximum Gasteiger partial charge on any atom is 0.0619 e. The van der Waals surface area contributed by atoms with Gasteiger partial charge in [0, 0.05) is 66.2 Å². The van der Waals surface area contributed by atoms with Gasteiger partial charge in [0.25, 0.3) is 0 Å². The number of anilines is 6. The summed E-state index contributed by atoms with van der Waals surface area (Å²) in [5.74, 6) is 0. The average Bonchev–Trinajstić information content (AvgIpc) is 1.57. The number of hydrogen-bond acceptors (Lipinski definition) is 2. The summed E-state index contributed by atoms with van der Waals surface area (Å²) in [6, 6.07) is 138. The van der Waals surface area contributed by atoms with E-state index in [-0.39, 0.29) is 0 Å². The zero-order valence-corrected chi connectivity index (χ0v) is 52.6. The van der Waals surface area contributed by atoms with Gasteiger partial charge in [0.1, 0.15) is 0 Å². The Bertz CT molecular complexity index is 5380. The molecule has 0 aliphatic rings. The summed E-state index contributed by atoms with van der Waals surface area (Å²) in [7, 11) is 0. The average molecular weight is 1220 g/mol. The number of fused-ring (bicyclic) bond motifs is 6. The molecule has 4 heteroatoms. The molecule has 0 saturated carbocycles. The molecule has 18 aromatic rings. The van der Waals surface area contributed by atoms with Gasteiger partial charge in [-0.05, 0) is 152 Å². The molecule has 0 fully saturated rings. The highest BCUT2D eigenvalue weighted by atomic mass is 15.2. The number of hydrogen-bond donors (Lipinski definition) is 0. The van der Waals surface area contributed by atoms with Crippen LogP contribution in [-0.4, -0.2) is 9.13 Å². The fourth-order valence-electron chi connectivity index (χ4n) is 14.9. The highest BCUT2D eigenvalue weighted by Gasteiger charge is 2.27. The molecule has 18 rings (SSSR count). The summed E-state index contributed by atoms with van der Waals surface area (Å²) in [5.41, 5.74) is 22.5. The number of benzene rings is 16. The number of aromatic nitrogens is 2. The third-order valence-electron chi connectivity index (χ3n) is 19.2. The summed E-state index contributed by atoms with van der Waals surface area (Å²) >= 11 is 0. The molecule has 450 valence electrons. The first-order chi connectivity index (χ1) is 47.7. The Balaban J connectivity index is 0.815. The predicted molar refractivity (Wildman–Crippen MR) is 407 cm³/mol. The molecule has 0 atom stereocenters. The lowest BCUT2D eigenvalue weighted by atomic mass is 9.94. The minimum absolute atomic E-state index is 1.07. The molecule has 0 bridgehead atoms. The van der Waals surface area contributed by atoms with Gasteiger partial charge in [-0.2, -0.15) is 0 Å². The van der Waals surface area contributed by atoms with Crippen molar-refractivity contribution >= 4 is 99.0 Å². The van der Waals surface area contributed by atoms with Gasteiger partial charge < -0.3 is 18.9 Å². The third-order valence-corrected chi connectivity index (χ3v) is 19.2. The number of rotatable bonds is 13. The molecule has 96 heavy (non-hydrogen) atoms. The summed E-state index contributed by atoms with van der Waals surface area (Å²) in [4.78, 5) is 4.87. The zero-order valence-electron chi connectivity index (χ0n) is 52.6. The molecule has 2 heterocycles. The van der Waals surface area contributed by atoms with Gasteiger partial charge in [-0.25, -0.2) is 0 Å². The fourth-order valence-corrected chi connectivity index (χ4v) is 14.9. The Hall–Kier alpha value is -12.8. The van der Waals surface area contributed by atoms with Gasteiger partial charge in [0.15, 0.2) is 0 Å². The van der Waals surface area contributed by atoms with E-state index in [9.17, 15) is 0 Å². The Morgan fingerprint density at radius 2 is 0.458 bits per heavy atom. The maximum atomic E-state index is 2.48. The smallest absolute Gasteiger partial charge is 0.0619 e. The van der Waals surface area contributed by atoms with Crippen molar-refractivity contribution in [1.82, 2.24) is 9.13 Å². The summed E-state index contributed by atoms with van der Waals surface area (Å²) in [6.45, 7) is 0. The van der Waals surface area contributed by atoms with E-state index in [1.54, 1.807) is 0 Å². The molecule has 0 aliphatic carbocycles. The van der Waals surface area contributed by atoms with E-state index in [2.05, 4.69) is 395 Å². The van der Waals surface area contributed by atoms with Crippen LogP contribution in [-0.2, 0) is 0 Å². The largest absolute Gasteiger partial charge is 0.309 e. The van der Waals surface area contributed by atoms with E-state index in [1.165, 1.54) is 65.0 Å². The second kappa shape index (κ2) is 23.7. The van der Waals surface area contributed by atoms with E-state index in [1.807, 2.05) is 0 Å². The molecular weight excluding hydrogens is 1160 g/mol. The van der Waals surface area contributed by atoms with Crippen molar-refractivity contribution in [3.8, 4) is 67.3 Å². The fraction of sp³-hybridized carbons (Fsp3) is 0. The van der Waals surface area contributed by atoms with E-state index in [0.717, 1.165) is 101 Å². The minimum Gasteiger partial charge on any atom is -0.309 e. The van der Waals surface area contributed by atoms with E-state index in [4.69, 9.17) is 0 Å². The molecule has 2 aromatic heterocycles. The lowest BCUT2D eigenvalue weighted by molar-refractivity contribution is 1.13. The molecule has 0 unspecified atom stereocenters. The Morgan fingerprint density at radius 1 is 0.188 bits per heavy atom. The Kier molecular flexibility index (Phi) is 13.8. The van der Waals surface area contributed by atoms with Crippen molar-refractivity contribution in [2.75, 3.05) is 9.80 Å². The third kappa shape index (κ3) is 9.61. The molecule has 0 N–H and O–H groups in total. The van der Waals surface area contributed by atoms with Gasteiger partial charge in [0.2, 0.25) is 0 Å². The topological polar surface area (TPSA) is 16.3 Å². The standard InChI is InChI=1S/C92H62N4/c1-5-29-67(30-6-1)89-81-61-71(49-59-87(81)95(91(89)69-33-9-3-10-34-69)75-55-51-73(52-56-75)93(83-45-21-37-63-25-13-17-41-77(63)83)84-46-22-38-64-26-14-18-42-78(64)84)72-50-60-88-82(62-72)90(68-31-7-2-8-32-68)92(70-35-11-4-12-36-70)96(88)76-57-53-74(54-58-76)94(85-47-23-39-65-27-15-19-43-79(65)85)86-48-24-40-66-28-16-20-44-80(66)86/h1-62H. The van der Waals surface area contributed by atoms with Crippen LogP contribution in [0.3, 0.4) is 0 Å². The van der Waals surface area contributed by atoms with Crippen molar-refractivity contribution in [3.63, 3.8) is 0 Å². The molecule has 0 amide bonds. The Labute approximate surface area is 558 Å². The van der Waals surface area contributed by atoms with E-state index >= 15 is 0 Å². The molecule has 0 aliphatic heterocycles. The first kappa shape index (κ1) is 56.0. The molecular formula is C92H62N4. The summed E-state index contributed by atoms with van der Waals surface area (Å²) in [6.07, 6.45) is 0. The lowest BCUT2D eigenvalue weighted by Gasteiger charge is -2.28. The second-order valence-electron chi connectivity index (χ2n) is 24.7. The van der Waals surface area contributed by atoms with Gasteiger partial charge in [-0.15, -0.1) is 0 Å².